The Morgan fingerprint density at radius 1 is 0.871 bits per heavy atom. The molecule has 0 bridgehead atoms. The van der Waals surface area contributed by atoms with Gasteiger partial charge in [-0.3, -0.25) is 4.98 Å². The van der Waals surface area contributed by atoms with Crippen LogP contribution < -0.4 is 15.8 Å². The monoisotopic (exact) mass is 406 g/mol. The van der Waals surface area contributed by atoms with Crippen LogP contribution in [0, 0.1) is 0 Å². The summed E-state index contributed by atoms with van der Waals surface area (Å²) >= 11 is 0. The minimum Gasteiger partial charge on any atom is -0.489 e. The fraction of sp³-hybridized carbons (Fsp3) is 0.0769. The Balaban J connectivity index is 1.53. The van der Waals surface area contributed by atoms with Gasteiger partial charge in [0, 0.05) is 29.7 Å². The number of aromatic nitrogens is 1. The lowest BCUT2D eigenvalue weighted by Gasteiger charge is -2.16. The average molecular weight is 406 g/mol. The quantitative estimate of drug-likeness (QED) is 0.456. The van der Waals surface area contributed by atoms with Crippen molar-refractivity contribution in [3.8, 4) is 5.75 Å². The van der Waals surface area contributed by atoms with Crippen LogP contribution in [0.1, 0.15) is 22.7 Å². The van der Waals surface area contributed by atoms with E-state index in [9.17, 15) is 0 Å². The number of hydrogen-bond acceptors (Lipinski definition) is 5. The fourth-order valence-electron chi connectivity index (χ4n) is 3.65. The van der Waals surface area contributed by atoms with Crippen molar-refractivity contribution in [2.75, 3.05) is 5.32 Å². The number of ether oxygens (including phenoxy) is 1. The Morgan fingerprint density at radius 2 is 1.71 bits per heavy atom. The molecule has 3 N–H and O–H groups in total. The molecule has 0 radical (unpaired) electrons. The minimum absolute atomic E-state index is 0.406. The molecule has 1 atom stereocenters. The predicted octanol–water partition coefficient (Wildman–Crippen LogP) is 5.54. The zero-order chi connectivity index (χ0) is 21.0. The Hall–Kier alpha value is -3.96. The van der Waals surface area contributed by atoms with Crippen LogP contribution in [0.25, 0.3) is 0 Å². The Morgan fingerprint density at radius 3 is 2.55 bits per heavy atom. The smallest absolute Gasteiger partial charge is 0.122 e. The summed E-state index contributed by atoms with van der Waals surface area (Å²) in [4.78, 5) is 9.21. The highest BCUT2D eigenvalue weighted by molar-refractivity contribution is 6.12. The molecule has 2 heterocycles. The second-order valence-electron chi connectivity index (χ2n) is 7.38. The van der Waals surface area contributed by atoms with E-state index in [0.29, 0.717) is 6.61 Å². The van der Waals surface area contributed by atoms with Gasteiger partial charge in [-0.25, -0.2) is 4.99 Å². The number of para-hydroxylation sites is 1. The first-order valence-electron chi connectivity index (χ1n) is 10.2. The molecule has 5 heteroatoms. The first-order chi connectivity index (χ1) is 15.3. The standard InChI is InChI=1S/C26H22N4O/c27-25(19-9-6-14-28-16-19)26-21-10-4-5-11-22(21)29-23-13-12-20(15-24(23)30-26)31-17-18-7-2-1-3-8-18/h1-16,25,29H,17,27H2. The molecule has 1 aliphatic rings. The van der Waals surface area contributed by atoms with E-state index in [1.807, 2.05) is 84.9 Å². The molecule has 5 nitrogen and oxygen atoms in total. The number of rotatable bonds is 5. The van der Waals surface area contributed by atoms with E-state index in [4.69, 9.17) is 15.5 Å². The third-order valence-corrected chi connectivity index (χ3v) is 5.27. The number of fused-ring (bicyclic) bond motifs is 2. The van der Waals surface area contributed by atoms with E-state index in [1.165, 1.54) is 0 Å². The van der Waals surface area contributed by atoms with Gasteiger partial charge in [-0.05, 0) is 35.4 Å². The maximum absolute atomic E-state index is 6.65. The molecule has 5 rings (SSSR count). The maximum Gasteiger partial charge on any atom is 0.122 e. The van der Waals surface area contributed by atoms with Gasteiger partial charge in [0.15, 0.2) is 0 Å². The lowest BCUT2D eigenvalue weighted by atomic mass is 9.97. The number of nitrogens with two attached hydrogens (primary N) is 1. The van der Waals surface area contributed by atoms with Gasteiger partial charge in [-0.1, -0.05) is 54.6 Å². The predicted molar refractivity (Wildman–Crippen MR) is 124 cm³/mol. The summed E-state index contributed by atoms with van der Waals surface area (Å²) in [5.74, 6) is 0.758. The molecule has 0 saturated carbocycles. The van der Waals surface area contributed by atoms with Crippen molar-refractivity contribution in [3.63, 3.8) is 0 Å². The topological polar surface area (TPSA) is 72.5 Å². The highest BCUT2D eigenvalue weighted by Gasteiger charge is 2.22. The van der Waals surface area contributed by atoms with E-state index in [0.717, 1.165) is 45.2 Å². The summed E-state index contributed by atoms with van der Waals surface area (Å²) in [6.45, 7) is 0.499. The van der Waals surface area contributed by atoms with E-state index in [2.05, 4.69) is 10.3 Å². The molecule has 1 aromatic heterocycles. The molecular weight excluding hydrogens is 384 g/mol. The van der Waals surface area contributed by atoms with Gasteiger partial charge in [0.05, 0.1) is 23.1 Å². The van der Waals surface area contributed by atoms with Crippen LogP contribution in [0.3, 0.4) is 0 Å². The van der Waals surface area contributed by atoms with Crippen LogP contribution >= 0.6 is 0 Å². The molecule has 152 valence electrons. The first-order valence-corrected chi connectivity index (χ1v) is 10.2. The highest BCUT2D eigenvalue weighted by atomic mass is 16.5. The van der Waals surface area contributed by atoms with Gasteiger partial charge in [0.1, 0.15) is 12.4 Å². The maximum atomic E-state index is 6.65. The number of nitrogens with zero attached hydrogens (tertiary/aromatic N) is 2. The summed E-state index contributed by atoms with van der Waals surface area (Å²) in [5, 5.41) is 3.50. The van der Waals surface area contributed by atoms with Crippen LogP contribution in [0.15, 0.2) is 102 Å². The van der Waals surface area contributed by atoms with Crippen molar-refractivity contribution in [1.29, 1.82) is 0 Å². The highest BCUT2D eigenvalue weighted by Crippen LogP contribution is 2.38. The van der Waals surface area contributed by atoms with Crippen molar-refractivity contribution in [1.82, 2.24) is 4.98 Å². The molecule has 1 aliphatic heterocycles. The summed E-state index contributed by atoms with van der Waals surface area (Å²) in [6.07, 6.45) is 3.53. The molecule has 0 aliphatic carbocycles. The van der Waals surface area contributed by atoms with E-state index < -0.39 is 6.04 Å². The summed E-state index contributed by atoms with van der Waals surface area (Å²) in [5.41, 5.74) is 13.1. The zero-order valence-electron chi connectivity index (χ0n) is 16.9. The van der Waals surface area contributed by atoms with E-state index in [-0.39, 0.29) is 0 Å². The van der Waals surface area contributed by atoms with Crippen LogP contribution in [0.2, 0.25) is 0 Å². The van der Waals surface area contributed by atoms with Crippen molar-refractivity contribution >= 4 is 22.8 Å². The van der Waals surface area contributed by atoms with E-state index >= 15 is 0 Å². The largest absolute Gasteiger partial charge is 0.489 e. The Kier molecular flexibility index (Phi) is 5.17. The molecule has 0 amide bonds. The summed E-state index contributed by atoms with van der Waals surface area (Å²) in [7, 11) is 0. The third kappa shape index (κ3) is 4.04. The van der Waals surface area contributed by atoms with Crippen LogP contribution in [0.5, 0.6) is 5.75 Å². The molecule has 3 aromatic carbocycles. The van der Waals surface area contributed by atoms with Crippen molar-refractivity contribution in [2.45, 2.75) is 12.6 Å². The van der Waals surface area contributed by atoms with Gasteiger partial charge < -0.3 is 15.8 Å². The SMILES string of the molecule is NC(C1=Nc2cc(OCc3ccccc3)ccc2Nc2ccccc21)c1cccnc1. The lowest BCUT2D eigenvalue weighted by Crippen LogP contribution is -2.22. The fourth-order valence-corrected chi connectivity index (χ4v) is 3.65. The summed E-state index contributed by atoms with van der Waals surface area (Å²) < 4.78 is 6.02. The van der Waals surface area contributed by atoms with Gasteiger partial charge in [0.2, 0.25) is 0 Å². The van der Waals surface area contributed by atoms with Gasteiger partial charge >= 0.3 is 0 Å². The van der Waals surface area contributed by atoms with Gasteiger partial charge in [0.25, 0.3) is 0 Å². The number of aliphatic imine (C=N–C) groups is 1. The second-order valence-corrected chi connectivity index (χ2v) is 7.38. The molecule has 0 saturated heterocycles. The number of pyridine rings is 1. The first kappa shape index (κ1) is 19.0. The summed E-state index contributed by atoms with van der Waals surface area (Å²) in [6, 6.07) is 27.5. The van der Waals surface area contributed by atoms with Crippen molar-refractivity contribution in [3.05, 3.63) is 114 Å². The number of benzene rings is 3. The van der Waals surface area contributed by atoms with E-state index in [1.54, 1.807) is 12.4 Å². The molecule has 31 heavy (non-hydrogen) atoms. The third-order valence-electron chi connectivity index (χ3n) is 5.27. The van der Waals surface area contributed by atoms with Gasteiger partial charge in [-0.2, -0.15) is 0 Å². The van der Waals surface area contributed by atoms with Crippen LogP contribution in [-0.2, 0) is 6.61 Å². The number of nitrogens with one attached hydrogen (secondary N) is 1. The zero-order valence-corrected chi connectivity index (χ0v) is 16.9. The minimum atomic E-state index is -0.406. The molecule has 0 fully saturated rings. The van der Waals surface area contributed by atoms with Crippen molar-refractivity contribution in [2.24, 2.45) is 10.7 Å². The second kappa shape index (κ2) is 8.42. The number of hydrogen-bond donors (Lipinski definition) is 2. The number of anilines is 2. The lowest BCUT2D eigenvalue weighted by molar-refractivity contribution is 0.306. The van der Waals surface area contributed by atoms with Gasteiger partial charge in [-0.15, -0.1) is 0 Å². The van der Waals surface area contributed by atoms with Crippen LogP contribution in [0.4, 0.5) is 17.1 Å². The molecule has 1 unspecified atom stereocenters. The van der Waals surface area contributed by atoms with Crippen molar-refractivity contribution < 1.29 is 4.74 Å². The van der Waals surface area contributed by atoms with Crippen LogP contribution in [-0.4, -0.2) is 10.7 Å². The molecular formula is C26H22N4O. The Bertz CT molecular complexity index is 1220. The normalized spacial score (nSPS) is 13.1. The average Bonchev–Trinajstić information content (AvgIpc) is 3.00. The molecule has 0 spiro atoms. The molecule has 4 aromatic rings. The Labute approximate surface area is 181 Å².